The van der Waals surface area contributed by atoms with Crippen molar-refractivity contribution in [2.24, 2.45) is 7.05 Å². The molecule has 0 bridgehead atoms. The van der Waals surface area contributed by atoms with Crippen molar-refractivity contribution in [2.75, 3.05) is 19.8 Å². The maximum atomic E-state index is 12.9. The van der Waals surface area contributed by atoms with Gasteiger partial charge >= 0.3 is 0 Å². The van der Waals surface area contributed by atoms with Gasteiger partial charge in [0.15, 0.2) is 0 Å². The first kappa shape index (κ1) is 16.5. The molecule has 4 rings (SSSR count). The Hall–Kier alpha value is -3.00. The lowest BCUT2D eigenvalue weighted by molar-refractivity contribution is -0.139. The highest BCUT2D eigenvalue weighted by atomic mass is 16.5. The minimum atomic E-state index is -0.0447. The SMILES string of the molecule is Cn1cccc1C1COCCN1C(=O)Cc1ccc(-n2cnnn2)cc1. The van der Waals surface area contributed by atoms with Crippen molar-refractivity contribution in [1.29, 1.82) is 0 Å². The van der Waals surface area contributed by atoms with Gasteiger partial charge in [-0.2, -0.15) is 0 Å². The van der Waals surface area contributed by atoms with E-state index in [9.17, 15) is 4.79 Å². The molecule has 3 heterocycles. The average molecular weight is 352 g/mol. The van der Waals surface area contributed by atoms with Crippen LogP contribution >= 0.6 is 0 Å². The van der Waals surface area contributed by atoms with Crippen molar-refractivity contribution in [3.05, 3.63) is 60.2 Å². The summed E-state index contributed by atoms with van der Waals surface area (Å²) in [7, 11) is 1.99. The smallest absolute Gasteiger partial charge is 0.227 e. The van der Waals surface area contributed by atoms with Crippen molar-refractivity contribution in [1.82, 2.24) is 29.7 Å². The topological polar surface area (TPSA) is 78.1 Å². The molecule has 3 aromatic rings. The summed E-state index contributed by atoms with van der Waals surface area (Å²) in [6, 6.07) is 11.7. The predicted molar refractivity (Wildman–Crippen MR) is 93.5 cm³/mol. The molecule has 8 heteroatoms. The number of carbonyl (C=O) groups is 1. The quantitative estimate of drug-likeness (QED) is 0.704. The first-order valence-electron chi connectivity index (χ1n) is 8.53. The highest BCUT2D eigenvalue weighted by Crippen LogP contribution is 2.25. The van der Waals surface area contributed by atoms with Gasteiger partial charge in [-0.05, 0) is 40.3 Å². The summed E-state index contributed by atoms with van der Waals surface area (Å²) >= 11 is 0. The van der Waals surface area contributed by atoms with Gasteiger partial charge in [-0.1, -0.05) is 12.1 Å². The molecule has 0 N–H and O–H groups in total. The second kappa shape index (κ2) is 7.09. The van der Waals surface area contributed by atoms with Gasteiger partial charge in [-0.25, -0.2) is 4.68 Å². The number of benzene rings is 1. The van der Waals surface area contributed by atoms with Gasteiger partial charge in [0.25, 0.3) is 0 Å². The van der Waals surface area contributed by atoms with Crippen molar-refractivity contribution in [3.63, 3.8) is 0 Å². The molecule has 2 aromatic heterocycles. The van der Waals surface area contributed by atoms with Crippen LogP contribution < -0.4 is 0 Å². The van der Waals surface area contributed by atoms with Crippen molar-refractivity contribution < 1.29 is 9.53 Å². The lowest BCUT2D eigenvalue weighted by Gasteiger charge is -2.36. The van der Waals surface area contributed by atoms with Gasteiger partial charge in [0.1, 0.15) is 6.33 Å². The zero-order chi connectivity index (χ0) is 17.9. The fourth-order valence-corrected chi connectivity index (χ4v) is 3.29. The Balaban J connectivity index is 1.48. The summed E-state index contributed by atoms with van der Waals surface area (Å²) in [4.78, 5) is 14.8. The Bertz CT molecular complexity index is 871. The maximum Gasteiger partial charge on any atom is 0.227 e. The Morgan fingerprint density at radius 3 is 2.81 bits per heavy atom. The maximum absolute atomic E-state index is 12.9. The minimum absolute atomic E-state index is 0.0447. The lowest BCUT2D eigenvalue weighted by Crippen LogP contribution is -2.44. The molecular formula is C18H20N6O2. The number of amides is 1. The van der Waals surface area contributed by atoms with Crippen LogP contribution in [-0.2, 0) is 23.0 Å². The van der Waals surface area contributed by atoms with E-state index in [1.165, 1.54) is 0 Å². The summed E-state index contributed by atoms with van der Waals surface area (Å²) in [5.74, 6) is 0.106. The van der Waals surface area contributed by atoms with Crippen LogP contribution in [0.1, 0.15) is 17.3 Å². The molecule has 1 aromatic carbocycles. The molecule has 0 saturated carbocycles. The van der Waals surface area contributed by atoms with Gasteiger partial charge in [0.05, 0.1) is 31.4 Å². The van der Waals surface area contributed by atoms with Crippen molar-refractivity contribution >= 4 is 5.91 Å². The zero-order valence-electron chi connectivity index (χ0n) is 14.5. The van der Waals surface area contributed by atoms with E-state index in [4.69, 9.17) is 4.74 Å². The van der Waals surface area contributed by atoms with Crippen LogP contribution in [-0.4, -0.2) is 55.3 Å². The van der Waals surface area contributed by atoms with E-state index in [-0.39, 0.29) is 11.9 Å². The number of aryl methyl sites for hydroxylation is 1. The second-order valence-corrected chi connectivity index (χ2v) is 6.32. The number of morpholine rings is 1. The van der Waals surface area contributed by atoms with E-state index < -0.39 is 0 Å². The summed E-state index contributed by atoms with van der Waals surface area (Å²) in [6.07, 6.45) is 3.89. The Kier molecular flexibility index (Phi) is 4.49. The number of aromatic nitrogens is 5. The molecule has 1 unspecified atom stereocenters. The first-order chi connectivity index (χ1) is 12.7. The molecule has 1 amide bonds. The number of carbonyl (C=O) groups excluding carboxylic acids is 1. The molecule has 1 aliphatic heterocycles. The standard InChI is InChI=1S/C18H20N6O2/c1-22-8-2-3-16(22)17-12-26-10-9-23(17)18(25)11-14-4-6-15(7-5-14)24-13-19-20-21-24/h2-8,13,17H,9-12H2,1H3. The molecule has 1 aliphatic rings. The normalized spacial score (nSPS) is 17.4. The van der Waals surface area contributed by atoms with E-state index in [1.807, 2.05) is 59.1 Å². The van der Waals surface area contributed by atoms with Gasteiger partial charge in [-0.15, -0.1) is 5.10 Å². The second-order valence-electron chi connectivity index (χ2n) is 6.32. The van der Waals surface area contributed by atoms with E-state index in [0.717, 1.165) is 16.9 Å². The Morgan fingerprint density at radius 1 is 1.27 bits per heavy atom. The molecule has 0 radical (unpaired) electrons. The molecular weight excluding hydrogens is 332 g/mol. The zero-order valence-corrected chi connectivity index (χ0v) is 14.5. The molecule has 1 atom stereocenters. The number of tetrazole rings is 1. The van der Waals surface area contributed by atoms with Gasteiger partial charge in [0.2, 0.25) is 5.91 Å². The molecule has 1 fully saturated rings. The molecule has 1 saturated heterocycles. The van der Waals surface area contributed by atoms with E-state index in [1.54, 1.807) is 11.0 Å². The van der Waals surface area contributed by atoms with Crippen LogP contribution in [0.25, 0.3) is 5.69 Å². The molecule has 134 valence electrons. The number of hydrogen-bond acceptors (Lipinski definition) is 5. The van der Waals surface area contributed by atoms with Crippen LogP contribution in [0, 0.1) is 0 Å². The minimum Gasteiger partial charge on any atom is -0.377 e. The van der Waals surface area contributed by atoms with Gasteiger partial charge in [-0.3, -0.25) is 4.79 Å². The van der Waals surface area contributed by atoms with Crippen LogP contribution in [0.4, 0.5) is 0 Å². The highest BCUT2D eigenvalue weighted by Gasteiger charge is 2.29. The van der Waals surface area contributed by atoms with Crippen LogP contribution in [0.3, 0.4) is 0 Å². The van der Waals surface area contributed by atoms with Crippen molar-refractivity contribution in [2.45, 2.75) is 12.5 Å². The number of ether oxygens (including phenoxy) is 1. The first-order valence-corrected chi connectivity index (χ1v) is 8.53. The Labute approximate surface area is 151 Å². The summed E-state index contributed by atoms with van der Waals surface area (Å²) in [5.41, 5.74) is 2.91. The number of hydrogen-bond donors (Lipinski definition) is 0. The largest absolute Gasteiger partial charge is 0.377 e. The fourth-order valence-electron chi connectivity index (χ4n) is 3.29. The van der Waals surface area contributed by atoms with Crippen LogP contribution in [0.2, 0.25) is 0 Å². The van der Waals surface area contributed by atoms with Crippen LogP contribution in [0.5, 0.6) is 0 Å². The van der Waals surface area contributed by atoms with E-state index in [2.05, 4.69) is 15.5 Å². The van der Waals surface area contributed by atoms with Crippen molar-refractivity contribution in [3.8, 4) is 5.69 Å². The van der Waals surface area contributed by atoms with Gasteiger partial charge < -0.3 is 14.2 Å². The lowest BCUT2D eigenvalue weighted by atomic mass is 10.1. The summed E-state index contributed by atoms with van der Waals surface area (Å²) < 4.78 is 9.24. The van der Waals surface area contributed by atoms with E-state index in [0.29, 0.717) is 26.2 Å². The number of nitrogens with zero attached hydrogens (tertiary/aromatic N) is 6. The summed E-state index contributed by atoms with van der Waals surface area (Å²) in [6.45, 7) is 1.71. The summed E-state index contributed by atoms with van der Waals surface area (Å²) in [5, 5.41) is 11.1. The van der Waals surface area contributed by atoms with Crippen LogP contribution in [0.15, 0.2) is 48.9 Å². The third-order valence-corrected chi connectivity index (χ3v) is 4.68. The monoisotopic (exact) mass is 352 g/mol. The van der Waals surface area contributed by atoms with Gasteiger partial charge in [0, 0.05) is 25.5 Å². The third-order valence-electron chi connectivity index (χ3n) is 4.68. The molecule has 8 nitrogen and oxygen atoms in total. The predicted octanol–water partition coefficient (Wildman–Crippen LogP) is 1.14. The average Bonchev–Trinajstić information content (AvgIpc) is 3.34. The molecule has 0 aliphatic carbocycles. The van der Waals surface area contributed by atoms with E-state index >= 15 is 0 Å². The molecule has 0 spiro atoms. The Morgan fingerprint density at radius 2 is 2.12 bits per heavy atom. The third kappa shape index (κ3) is 3.23. The molecule has 26 heavy (non-hydrogen) atoms. The number of rotatable bonds is 4. The highest BCUT2D eigenvalue weighted by molar-refractivity contribution is 5.79. The fraction of sp³-hybridized carbons (Fsp3) is 0.333.